The number of hydrogen-bond donors (Lipinski definition) is 1. The van der Waals surface area contributed by atoms with Gasteiger partial charge in [-0.3, -0.25) is 4.57 Å². The summed E-state index contributed by atoms with van der Waals surface area (Å²) >= 11 is 0. The molecule has 0 saturated heterocycles. The molecule has 1 unspecified atom stereocenters. The lowest BCUT2D eigenvalue weighted by atomic mass is 10.2. The molecule has 0 spiro atoms. The largest absolute Gasteiger partial charge is 0.391 e. The molecule has 0 saturated carbocycles. The molecule has 0 aliphatic heterocycles. The van der Waals surface area contributed by atoms with Crippen molar-refractivity contribution in [3.8, 4) is 0 Å². The molecule has 0 radical (unpaired) electrons. The zero-order valence-corrected chi connectivity index (χ0v) is 7.97. The minimum absolute atomic E-state index is 0.185. The molecule has 1 rings (SSSR count). The topological polar surface area (TPSA) is 60.0 Å². The van der Waals surface area contributed by atoms with Crippen LogP contribution in [0.5, 0.6) is 0 Å². The fourth-order valence-electron chi connectivity index (χ4n) is 1.17. The molecule has 1 aromatic heterocycles. The molecular formula is C8H15N3O2. The van der Waals surface area contributed by atoms with E-state index in [1.807, 2.05) is 6.92 Å². The number of aromatic nitrogens is 3. The maximum atomic E-state index is 11.3. The zero-order chi connectivity index (χ0) is 9.84. The molecule has 0 bridgehead atoms. The van der Waals surface area contributed by atoms with Crippen molar-refractivity contribution in [2.75, 3.05) is 0 Å². The first kappa shape index (κ1) is 9.98. The summed E-state index contributed by atoms with van der Waals surface area (Å²) in [4.78, 5) is 11.3. The minimum atomic E-state index is -0.474. The van der Waals surface area contributed by atoms with Gasteiger partial charge in [-0.05, 0) is 6.42 Å². The van der Waals surface area contributed by atoms with E-state index in [2.05, 4.69) is 5.10 Å². The smallest absolute Gasteiger partial charge is 0.345 e. The summed E-state index contributed by atoms with van der Waals surface area (Å²) in [6.07, 6.45) is 2.57. The molecule has 1 aromatic rings. The van der Waals surface area contributed by atoms with Crippen molar-refractivity contribution in [1.29, 1.82) is 0 Å². The molecule has 0 aromatic carbocycles. The van der Waals surface area contributed by atoms with Crippen molar-refractivity contribution in [1.82, 2.24) is 14.3 Å². The van der Waals surface area contributed by atoms with E-state index in [1.165, 1.54) is 15.6 Å². The van der Waals surface area contributed by atoms with Crippen LogP contribution in [0.1, 0.15) is 19.8 Å². The van der Waals surface area contributed by atoms with Gasteiger partial charge in [0.1, 0.15) is 6.33 Å². The standard InChI is InChI=1S/C8H15N3O2/c1-3-4-7(12)5-11-8(13)10(2)6-9-11/h6-7,12H,3-5H2,1-2H3. The van der Waals surface area contributed by atoms with E-state index < -0.39 is 6.10 Å². The summed E-state index contributed by atoms with van der Waals surface area (Å²) < 4.78 is 2.67. The van der Waals surface area contributed by atoms with Gasteiger partial charge in [-0.1, -0.05) is 13.3 Å². The first-order valence-electron chi connectivity index (χ1n) is 4.41. The molecule has 0 aliphatic rings. The molecule has 5 heteroatoms. The maximum Gasteiger partial charge on any atom is 0.345 e. The normalized spacial score (nSPS) is 13.2. The van der Waals surface area contributed by atoms with Gasteiger partial charge in [0, 0.05) is 7.05 Å². The molecule has 0 aliphatic carbocycles. The van der Waals surface area contributed by atoms with E-state index in [0.29, 0.717) is 6.42 Å². The van der Waals surface area contributed by atoms with Crippen molar-refractivity contribution in [2.24, 2.45) is 7.05 Å². The lowest BCUT2D eigenvalue weighted by Crippen LogP contribution is -2.28. The third-order valence-electron chi connectivity index (χ3n) is 1.89. The Kier molecular flexibility index (Phi) is 3.25. The van der Waals surface area contributed by atoms with Crippen LogP contribution in [-0.4, -0.2) is 25.6 Å². The molecule has 13 heavy (non-hydrogen) atoms. The van der Waals surface area contributed by atoms with E-state index in [0.717, 1.165) is 6.42 Å². The molecule has 0 amide bonds. The monoisotopic (exact) mass is 185 g/mol. The Morgan fingerprint density at radius 2 is 2.38 bits per heavy atom. The highest BCUT2D eigenvalue weighted by molar-refractivity contribution is 4.67. The Bertz CT molecular complexity index is 315. The molecule has 0 fully saturated rings. The molecule has 1 N–H and O–H groups in total. The van der Waals surface area contributed by atoms with E-state index in [9.17, 15) is 9.90 Å². The van der Waals surface area contributed by atoms with Gasteiger partial charge >= 0.3 is 5.69 Å². The van der Waals surface area contributed by atoms with Gasteiger partial charge in [0.25, 0.3) is 0 Å². The molecule has 1 heterocycles. The van der Waals surface area contributed by atoms with Crippen molar-refractivity contribution >= 4 is 0 Å². The molecular weight excluding hydrogens is 170 g/mol. The van der Waals surface area contributed by atoms with E-state index in [-0.39, 0.29) is 12.2 Å². The van der Waals surface area contributed by atoms with Crippen LogP contribution in [-0.2, 0) is 13.6 Å². The molecule has 74 valence electrons. The fraction of sp³-hybridized carbons (Fsp3) is 0.750. The second kappa shape index (κ2) is 4.23. The van der Waals surface area contributed by atoms with E-state index >= 15 is 0 Å². The van der Waals surface area contributed by atoms with Gasteiger partial charge in [0.15, 0.2) is 0 Å². The summed E-state index contributed by atoms with van der Waals surface area (Å²) in [6, 6.07) is 0. The van der Waals surface area contributed by atoms with Crippen LogP contribution in [0, 0.1) is 0 Å². The van der Waals surface area contributed by atoms with Crippen LogP contribution in [0.2, 0.25) is 0 Å². The third kappa shape index (κ3) is 2.42. The summed E-state index contributed by atoms with van der Waals surface area (Å²) in [5.41, 5.74) is -0.185. The van der Waals surface area contributed by atoms with E-state index in [4.69, 9.17) is 0 Å². The van der Waals surface area contributed by atoms with Gasteiger partial charge in [0.05, 0.1) is 12.6 Å². The Hall–Kier alpha value is -1.10. The fourth-order valence-corrected chi connectivity index (χ4v) is 1.17. The molecule has 5 nitrogen and oxygen atoms in total. The highest BCUT2D eigenvalue weighted by Gasteiger charge is 2.07. The summed E-state index contributed by atoms with van der Waals surface area (Å²) in [7, 11) is 1.64. The van der Waals surface area contributed by atoms with Crippen molar-refractivity contribution in [3.63, 3.8) is 0 Å². The predicted octanol–water partition coefficient (Wildman–Crippen LogP) is -0.257. The third-order valence-corrected chi connectivity index (χ3v) is 1.89. The quantitative estimate of drug-likeness (QED) is 0.703. The Morgan fingerprint density at radius 3 is 2.85 bits per heavy atom. The number of nitrogens with zero attached hydrogens (tertiary/aromatic N) is 3. The van der Waals surface area contributed by atoms with Crippen LogP contribution in [0.4, 0.5) is 0 Å². The van der Waals surface area contributed by atoms with Gasteiger partial charge in [0.2, 0.25) is 0 Å². The SMILES string of the molecule is CCCC(O)Cn1ncn(C)c1=O. The van der Waals surface area contributed by atoms with E-state index in [1.54, 1.807) is 7.05 Å². The Morgan fingerprint density at radius 1 is 1.69 bits per heavy atom. The lowest BCUT2D eigenvalue weighted by molar-refractivity contribution is 0.137. The van der Waals surface area contributed by atoms with Crippen molar-refractivity contribution in [3.05, 3.63) is 16.8 Å². The summed E-state index contributed by atoms with van der Waals surface area (Å²) in [6.45, 7) is 2.28. The summed E-state index contributed by atoms with van der Waals surface area (Å²) in [5, 5.41) is 13.3. The first-order chi connectivity index (χ1) is 6.15. The first-order valence-corrected chi connectivity index (χ1v) is 4.41. The Labute approximate surface area is 76.6 Å². The predicted molar refractivity (Wildman–Crippen MR) is 48.4 cm³/mol. The number of aliphatic hydroxyl groups excluding tert-OH is 1. The average Bonchev–Trinajstić information content (AvgIpc) is 2.37. The number of hydrogen-bond acceptors (Lipinski definition) is 3. The highest BCUT2D eigenvalue weighted by atomic mass is 16.3. The Balaban J connectivity index is 2.64. The van der Waals surface area contributed by atoms with Crippen LogP contribution >= 0.6 is 0 Å². The van der Waals surface area contributed by atoms with Crippen LogP contribution in [0.15, 0.2) is 11.1 Å². The maximum absolute atomic E-state index is 11.3. The van der Waals surface area contributed by atoms with Gasteiger partial charge < -0.3 is 5.11 Å². The van der Waals surface area contributed by atoms with Crippen molar-refractivity contribution < 1.29 is 5.11 Å². The second-order valence-electron chi connectivity index (χ2n) is 3.15. The second-order valence-corrected chi connectivity index (χ2v) is 3.15. The van der Waals surface area contributed by atoms with Crippen LogP contribution in [0.3, 0.4) is 0 Å². The number of aliphatic hydroxyl groups is 1. The van der Waals surface area contributed by atoms with Gasteiger partial charge in [-0.25, -0.2) is 9.48 Å². The van der Waals surface area contributed by atoms with Crippen LogP contribution < -0.4 is 5.69 Å². The number of aryl methyl sites for hydroxylation is 1. The lowest BCUT2D eigenvalue weighted by Gasteiger charge is -2.07. The average molecular weight is 185 g/mol. The van der Waals surface area contributed by atoms with Crippen molar-refractivity contribution in [2.45, 2.75) is 32.4 Å². The van der Waals surface area contributed by atoms with Gasteiger partial charge in [-0.2, -0.15) is 5.10 Å². The van der Waals surface area contributed by atoms with Gasteiger partial charge in [-0.15, -0.1) is 0 Å². The highest BCUT2D eigenvalue weighted by Crippen LogP contribution is 1.97. The zero-order valence-electron chi connectivity index (χ0n) is 7.97. The van der Waals surface area contributed by atoms with Crippen LogP contribution in [0.25, 0.3) is 0 Å². The molecule has 1 atom stereocenters. The minimum Gasteiger partial charge on any atom is -0.391 e. The number of rotatable bonds is 4. The summed E-state index contributed by atoms with van der Waals surface area (Å²) in [5.74, 6) is 0.